The summed E-state index contributed by atoms with van der Waals surface area (Å²) in [7, 11) is 3.78. The lowest BCUT2D eigenvalue weighted by molar-refractivity contribution is 0.327. The molecule has 1 aromatic rings. The molecule has 0 spiro atoms. The van der Waals surface area contributed by atoms with E-state index >= 15 is 0 Å². The van der Waals surface area contributed by atoms with Gasteiger partial charge in [0.05, 0.1) is 0 Å². The Balaban J connectivity index is 2.05. The van der Waals surface area contributed by atoms with E-state index in [2.05, 4.69) is 27.2 Å². The summed E-state index contributed by atoms with van der Waals surface area (Å²) in [5, 5.41) is 3.38. The van der Waals surface area contributed by atoms with Gasteiger partial charge in [-0.15, -0.1) is 0 Å². The van der Waals surface area contributed by atoms with Crippen molar-refractivity contribution in [3.05, 3.63) is 0 Å². The van der Waals surface area contributed by atoms with Gasteiger partial charge in [0.1, 0.15) is 0 Å². The van der Waals surface area contributed by atoms with Crippen LogP contribution in [-0.2, 0) is 0 Å². The van der Waals surface area contributed by atoms with Gasteiger partial charge in [0.2, 0.25) is 17.8 Å². The quantitative estimate of drug-likeness (QED) is 0.864. The molecule has 3 N–H and O–H groups in total. The molecule has 1 saturated carbocycles. The van der Waals surface area contributed by atoms with Crippen LogP contribution in [0, 0.1) is 5.92 Å². The summed E-state index contributed by atoms with van der Waals surface area (Å²) in [5.74, 6) is 2.13. The largest absolute Gasteiger partial charge is 0.368 e. The van der Waals surface area contributed by atoms with E-state index < -0.39 is 0 Å². The minimum Gasteiger partial charge on any atom is -0.368 e. The van der Waals surface area contributed by atoms with Crippen molar-refractivity contribution >= 4 is 17.8 Å². The van der Waals surface area contributed by atoms with Crippen molar-refractivity contribution in [1.29, 1.82) is 0 Å². The van der Waals surface area contributed by atoms with Gasteiger partial charge in [0.25, 0.3) is 0 Å². The van der Waals surface area contributed by atoms with Crippen LogP contribution >= 0.6 is 0 Å². The Bertz CT molecular complexity index is 414. The fraction of sp³-hybridized carbons (Fsp3) is 0.769. The molecule has 1 aromatic heterocycles. The van der Waals surface area contributed by atoms with E-state index in [1.807, 2.05) is 19.0 Å². The van der Waals surface area contributed by atoms with Gasteiger partial charge in [-0.05, 0) is 25.7 Å². The van der Waals surface area contributed by atoms with Gasteiger partial charge in [-0.25, -0.2) is 0 Å². The van der Waals surface area contributed by atoms with E-state index in [0.29, 0.717) is 23.9 Å². The Labute approximate surface area is 114 Å². The standard InChI is InChI=1S/C13H24N6/c1-9(10-7-5-4-6-8-10)15-12-16-11(14)17-13(18-12)19(2)3/h9-10H,4-8H2,1-3H3,(H3,14,15,16,17,18). The second kappa shape index (κ2) is 6.04. The molecule has 1 aliphatic rings. The average molecular weight is 264 g/mol. The molecule has 2 rings (SSSR count). The second-order valence-electron chi connectivity index (χ2n) is 5.54. The maximum Gasteiger partial charge on any atom is 0.231 e. The van der Waals surface area contributed by atoms with Crippen molar-refractivity contribution in [2.24, 2.45) is 5.92 Å². The number of nitrogens with zero attached hydrogens (tertiary/aromatic N) is 4. The first-order valence-electron chi connectivity index (χ1n) is 7.01. The smallest absolute Gasteiger partial charge is 0.231 e. The molecule has 0 aromatic carbocycles. The van der Waals surface area contributed by atoms with Gasteiger partial charge < -0.3 is 16.0 Å². The van der Waals surface area contributed by atoms with Gasteiger partial charge in [-0.3, -0.25) is 0 Å². The topological polar surface area (TPSA) is 80.0 Å². The maximum absolute atomic E-state index is 5.72. The molecule has 106 valence electrons. The number of aromatic nitrogens is 3. The van der Waals surface area contributed by atoms with Crippen molar-refractivity contribution in [3.8, 4) is 0 Å². The lowest BCUT2D eigenvalue weighted by atomic mass is 9.85. The number of nitrogens with two attached hydrogens (primary N) is 1. The number of hydrogen-bond acceptors (Lipinski definition) is 6. The molecular formula is C13H24N6. The Hall–Kier alpha value is -1.59. The predicted molar refractivity (Wildman–Crippen MR) is 78.2 cm³/mol. The molecule has 0 aliphatic heterocycles. The minimum absolute atomic E-state index is 0.261. The number of anilines is 3. The van der Waals surface area contributed by atoms with Crippen molar-refractivity contribution < 1.29 is 0 Å². The Morgan fingerprint density at radius 1 is 1.16 bits per heavy atom. The van der Waals surface area contributed by atoms with Crippen LogP contribution in [0.3, 0.4) is 0 Å². The van der Waals surface area contributed by atoms with Gasteiger partial charge in [0, 0.05) is 20.1 Å². The zero-order valence-corrected chi connectivity index (χ0v) is 12.1. The Morgan fingerprint density at radius 3 is 2.47 bits per heavy atom. The zero-order chi connectivity index (χ0) is 13.8. The number of nitrogen functional groups attached to an aromatic ring is 1. The van der Waals surface area contributed by atoms with Gasteiger partial charge in [-0.1, -0.05) is 19.3 Å². The van der Waals surface area contributed by atoms with Crippen molar-refractivity contribution in [1.82, 2.24) is 15.0 Å². The molecule has 1 aliphatic carbocycles. The van der Waals surface area contributed by atoms with Gasteiger partial charge >= 0.3 is 0 Å². The third-order valence-corrected chi connectivity index (χ3v) is 3.75. The van der Waals surface area contributed by atoms with E-state index in [1.54, 1.807) is 0 Å². The summed E-state index contributed by atoms with van der Waals surface area (Å²) in [6, 6.07) is 0.372. The molecule has 0 bridgehead atoms. The highest BCUT2D eigenvalue weighted by atomic mass is 15.3. The van der Waals surface area contributed by atoms with Crippen molar-refractivity contribution in [2.75, 3.05) is 30.0 Å². The molecular weight excluding hydrogens is 240 g/mol. The summed E-state index contributed by atoms with van der Waals surface area (Å²) in [6.07, 6.45) is 6.61. The highest BCUT2D eigenvalue weighted by Gasteiger charge is 2.21. The third-order valence-electron chi connectivity index (χ3n) is 3.75. The van der Waals surface area contributed by atoms with E-state index in [4.69, 9.17) is 5.73 Å². The van der Waals surface area contributed by atoms with Gasteiger partial charge in [-0.2, -0.15) is 15.0 Å². The second-order valence-corrected chi connectivity index (χ2v) is 5.54. The third kappa shape index (κ3) is 3.68. The molecule has 6 heteroatoms. The van der Waals surface area contributed by atoms with Crippen LogP contribution < -0.4 is 16.0 Å². The summed E-state index contributed by atoms with van der Waals surface area (Å²) in [4.78, 5) is 14.5. The monoisotopic (exact) mass is 264 g/mol. The summed E-state index contributed by atoms with van der Waals surface area (Å²) < 4.78 is 0. The van der Waals surface area contributed by atoms with E-state index in [9.17, 15) is 0 Å². The maximum atomic E-state index is 5.72. The van der Waals surface area contributed by atoms with Crippen LogP contribution in [0.1, 0.15) is 39.0 Å². The van der Waals surface area contributed by atoms with E-state index in [0.717, 1.165) is 0 Å². The predicted octanol–water partition coefficient (Wildman–Crippen LogP) is 1.90. The lowest BCUT2D eigenvalue weighted by Gasteiger charge is -2.28. The first-order valence-corrected chi connectivity index (χ1v) is 7.01. The normalized spacial score (nSPS) is 18.1. The lowest BCUT2D eigenvalue weighted by Crippen LogP contribution is -2.29. The molecule has 1 unspecified atom stereocenters. The van der Waals surface area contributed by atoms with Crippen LogP contribution in [0.5, 0.6) is 0 Å². The molecule has 0 saturated heterocycles. The molecule has 1 atom stereocenters. The molecule has 0 radical (unpaired) electrons. The fourth-order valence-electron chi connectivity index (χ4n) is 2.60. The Morgan fingerprint density at radius 2 is 1.84 bits per heavy atom. The average Bonchev–Trinajstić information content (AvgIpc) is 2.39. The van der Waals surface area contributed by atoms with E-state index in [1.165, 1.54) is 32.1 Å². The van der Waals surface area contributed by atoms with Crippen molar-refractivity contribution in [3.63, 3.8) is 0 Å². The molecule has 19 heavy (non-hydrogen) atoms. The number of hydrogen-bond donors (Lipinski definition) is 2. The SMILES string of the molecule is CC(Nc1nc(N)nc(N(C)C)n1)C1CCCCC1. The summed E-state index contributed by atoms with van der Waals surface area (Å²) in [6.45, 7) is 2.20. The van der Waals surface area contributed by atoms with Crippen molar-refractivity contribution in [2.45, 2.75) is 45.1 Å². The van der Waals surface area contributed by atoms with E-state index in [-0.39, 0.29) is 5.95 Å². The first kappa shape index (κ1) is 13.8. The van der Waals surface area contributed by atoms with Crippen LogP contribution in [0.25, 0.3) is 0 Å². The molecule has 6 nitrogen and oxygen atoms in total. The molecule has 1 fully saturated rings. The minimum atomic E-state index is 0.261. The molecule has 0 amide bonds. The number of nitrogens with one attached hydrogen (secondary N) is 1. The fourth-order valence-corrected chi connectivity index (χ4v) is 2.60. The highest BCUT2D eigenvalue weighted by Crippen LogP contribution is 2.27. The van der Waals surface area contributed by atoms with Crippen LogP contribution in [-0.4, -0.2) is 35.1 Å². The summed E-state index contributed by atoms with van der Waals surface area (Å²) >= 11 is 0. The van der Waals surface area contributed by atoms with Crippen LogP contribution in [0.2, 0.25) is 0 Å². The zero-order valence-electron chi connectivity index (χ0n) is 12.1. The van der Waals surface area contributed by atoms with Crippen LogP contribution in [0.15, 0.2) is 0 Å². The highest BCUT2D eigenvalue weighted by molar-refractivity contribution is 5.41. The molecule has 1 heterocycles. The first-order chi connectivity index (χ1) is 9.06. The van der Waals surface area contributed by atoms with Gasteiger partial charge in [0.15, 0.2) is 0 Å². The number of rotatable bonds is 4. The Kier molecular flexibility index (Phi) is 4.39. The van der Waals surface area contributed by atoms with Crippen LogP contribution in [0.4, 0.5) is 17.8 Å². The summed E-state index contributed by atoms with van der Waals surface area (Å²) in [5.41, 5.74) is 5.72.